The fourth-order valence-corrected chi connectivity index (χ4v) is 2.85. The Kier molecular flexibility index (Phi) is 3.35. The summed E-state index contributed by atoms with van der Waals surface area (Å²) in [5.74, 6) is 0.982. The van der Waals surface area contributed by atoms with Crippen LogP contribution < -0.4 is 0 Å². The molecule has 0 bridgehead atoms. The van der Waals surface area contributed by atoms with Gasteiger partial charge in [0, 0.05) is 25.0 Å². The number of aryl methyl sites for hydroxylation is 1. The van der Waals surface area contributed by atoms with Crippen molar-refractivity contribution >= 4 is 11.2 Å². The minimum absolute atomic E-state index is 0.764. The molecule has 0 aliphatic heterocycles. The highest BCUT2D eigenvalue weighted by Crippen LogP contribution is 2.21. The van der Waals surface area contributed by atoms with E-state index in [4.69, 9.17) is 4.98 Å². The largest absolute Gasteiger partial charge is 0.280 e. The maximum absolute atomic E-state index is 4.79. The highest BCUT2D eigenvalue weighted by Gasteiger charge is 2.13. The molecular formula is C19H16N4. The Bertz CT molecular complexity index is 957. The van der Waals surface area contributed by atoms with E-state index in [9.17, 15) is 0 Å². The van der Waals surface area contributed by atoms with Gasteiger partial charge in [0.05, 0.1) is 5.69 Å². The fraction of sp³-hybridized carbons (Fsp3) is 0.105. The topological polar surface area (TPSA) is 43.6 Å². The molecule has 3 aromatic heterocycles. The second-order valence-electron chi connectivity index (χ2n) is 5.58. The summed E-state index contributed by atoms with van der Waals surface area (Å²) in [6.07, 6.45) is 6.15. The van der Waals surface area contributed by atoms with Crippen LogP contribution >= 0.6 is 0 Å². The summed E-state index contributed by atoms with van der Waals surface area (Å²) in [6, 6.07) is 16.4. The van der Waals surface area contributed by atoms with Crippen molar-refractivity contribution in [3.8, 4) is 5.69 Å². The summed E-state index contributed by atoms with van der Waals surface area (Å²) >= 11 is 0. The normalized spacial score (nSPS) is 11.0. The highest BCUT2D eigenvalue weighted by molar-refractivity contribution is 5.73. The van der Waals surface area contributed by atoms with Crippen molar-refractivity contribution in [1.82, 2.24) is 19.5 Å². The van der Waals surface area contributed by atoms with Crippen molar-refractivity contribution in [2.75, 3.05) is 0 Å². The Morgan fingerprint density at radius 3 is 2.65 bits per heavy atom. The summed E-state index contributed by atoms with van der Waals surface area (Å²) in [5.41, 5.74) is 5.32. The molecule has 4 rings (SSSR count). The molecule has 4 nitrogen and oxygen atoms in total. The number of benzene rings is 1. The molecule has 0 unspecified atom stereocenters. The highest BCUT2D eigenvalue weighted by atomic mass is 15.1. The molecule has 0 N–H and O–H groups in total. The van der Waals surface area contributed by atoms with Crippen LogP contribution in [0.3, 0.4) is 0 Å². The molecule has 0 aliphatic rings. The van der Waals surface area contributed by atoms with E-state index in [0.717, 1.165) is 29.1 Å². The minimum atomic E-state index is 0.764. The Hall–Kier alpha value is -3.01. The van der Waals surface area contributed by atoms with Crippen LogP contribution in [0.1, 0.15) is 17.0 Å². The number of rotatable bonds is 3. The first-order valence-electron chi connectivity index (χ1n) is 7.59. The van der Waals surface area contributed by atoms with E-state index in [-0.39, 0.29) is 0 Å². The summed E-state index contributed by atoms with van der Waals surface area (Å²) in [5, 5.41) is 0. The Labute approximate surface area is 134 Å². The first-order valence-corrected chi connectivity index (χ1v) is 7.59. The Morgan fingerprint density at radius 2 is 1.83 bits per heavy atom. The number of pyridine rings is 2. The van der Waals surface area contributed by atoms with E-state index in [1.165, 1.54) is 11.1 Å². The van der Waals surface area contributed by atoms with Gasteiger partial charge in [-0.2, -0.15) is 0 Å². The third-order valence-electron chi connectivity index (χ3n) is 3.85. The standard InChI is InChI=1S/C19H16N4/c1-14-4-2-5-15(12-14)13-18-22-17-6-3-9-21-19(17)23(18)16-7-10-20-11-8-16/h2-12H,13H2,1H3. The van der Waals surface area contributed by atoms with Crippen LogP contribution in [0.15, 0.2) is 67.1 Å². The predicted molar refractivity (Wildman–Crippen MR) is 90.6 cm³/mol. The molecule has 0 amide bonds. The summed E-state index contributed by atoms with van der Waals surface area (Å²) in [6.45, 7) is 2.11. The average molecular weight is 300 g/mol. The van der Waals surface area contributed by atoms with E-state index in [1.54, 1.807) is 18.6 Å². The van der Waals surface area contributed by atoms with Gasteiger partial charge in [-0.3, -0.25) is 9.55 Å². The van der Waals surface area contributed by atoms with Gasteiger partial charge in [0.15, 0.2) is 5.65 Å². The molecule has 0 saturated carbocycles. The summed E-state index contributed by atoms with van der Waals surface area (Å²) in [7, 11) is 0. The van der Waals surface area contributed by atoms with Gasteiger partial charge in [0.25, 0.3) is 0 Å². The third kappa shape index (κ3) is 2.59. The smallest absolute Gasteiger partial charge is 0.164 e. The second kappa shape index (κ2) is 5.65. The van der Waals surface area contributed by atoms with Crippen LogP contribution in [-0.4, -0.2) is 19.5 Å². The molecule has 0 fully saturated rings. The molecule has 0 saturated heterocycles. The molecule has 0 atom stereocenters. The lowest BCUT2D eigenvalue weighted by molar-refractivity contribution is 0.921. The SMILES string of the molecule is Cc1cccc(Cc2nc3cccnc3n2-c2ccncc2)c1. The van der Waals surface area contributed by atoms with Gasteiger partial charge in [0.2, 0.25) is 0 Å². The number of imidazole rings is 1. The zero-order valence-electron chi connectivity index (χ0n) is 12.8. The van der Waals surface area contributed by atoms with Crippen molar-refractivity contribution in [3.05, 3.63) is 84.1 Å². The lowest BCUT2D eigenvalue weighted by atomic mass is 10.1. The second-order valence-corrected chi connectivity index (χ2v) is 5.58. The van der Waals surface area contributed by atoms with Gasteiger partial charge in [-0.15, -0.1) is 0 Å². The van der Waals surface area contributed by atoms with E-state index >= 15 is 0 Å². The first kappa shape index (κ1) is 13.6. The third-order valence-corrected chi connectivity index (χ3v) is 3.85. The van der Waals surface area contributed by atoms with Crippen molar-refractivity contribution in [2.45, 2.75) is 13.3 Å². The minimum Gasteiger partial charge on any atom is -0.280 e. The van der Waals surface area contributed by atoms with Crippen molar-refractivity contribution in [3.63, 3.8) is 0 Å². The lowest BCUT2D eigenvalue weighted by Crippen LogP contribution is -2.03. The molecular weight excluding hydrogens is 284 g/mol. The number of nitrogens with zero attached hydrogens (tertiary/aromatic N) is 4. The first-order chi connectivity index (χ1) is 11.3. The van der Waals surface area contributed by atoms with Crippen LogP contribution in [-0.2, 0) is 6.42 Å². The molecule has 112 valence electrons. The predicted octanol–water partition coefficient (Wildman–Crippen LogP) is 3.71. The van der Waals surface area contributed by atoms with Crippen molar-refractivity contribution in [1.29, 1.82) is 0 Å². The molecule has 23 heavy (non-hydrogen) atoms. The lowest BCUT2D eigenvalue weighted by Gasteiger charge is -2.09. The quantitative estimate of drug-likeness (QED) is 0.579. The van der Waals surface area contributed by atoms with Gasteiger partial charge < -0.3 is 0 Å². The van der Waals surface area contributed by atoms with Crippen LogP contribution in [0, 0.1) is 6.92 Å². The van der Waals surface area contributed by atoms with Crippen LogP contribution in [0.4, 0.5) is 0 Å². The number of aromatic nitrogens is 4. The zero-order valence-corrected chi connectivity index (χ0v) is 12.8. The van der Waals surface area contributed by atoms with Crippen LogP contribution in [0.2, 0.25) is 0 Å². The molecule has 4 aromatic rings. The van der Waals surface area contributed by atoms with E-state index in [1.807, 2.05) is 24.3 Å². The maximum Gasteiger partial charge on any atom is 0.164 e. The van der Waals surface area contributed by atoms with E-state index in [0.29, 0.717) is 0 Å². The number of hydrogen-bond donors (Lipinski definition) is 0. The van der Waals surface area contributed by atoms with Crippen LogP contribution in [0.5, 0.6) is 0 Å². The molecule has 0 aliphatic carbocycles. The van der Waals surface area contributed by atoms with Gasteiger partial charge >= 0.3 is 0 Å². The fourth-order valence-electron chi connectivity index (χ4n) is 2.85. The van der Waals surface area contributed by atoms with E-state index < -0.39 is 0 Å². The van der Waals surface area contributed by atoms with Gasteiger partial charge in [-0.05, 0) is 36.8 Å². The average Bonchev–Trinajstić information content (AvgIpc) is 2.93. The summed E-state index contributed by atoms with van der Waals surface area (Å²) < 4.78 is 2.11. The van der Waals surface area contributed by atoms with Gasteiger partial charge in [0.1, 0.15) is 11.3 Å². The van der Waals surface area contributed by atoms with Gasteiger partial charge in [-0.25, -0.2) is 9.97 Å². The molecule has 0 spiro atoms. The van der Waals surface area contributed by atoms with Crippen LogP contribution in [0.25, 0.3) is 16.9 Å². The Morgan fingerprint density at radius 1 is 0.957 bits per heavy atom. The zero-order chi connectivity index (χ0) is 15.6. The molecule has 4 heteroatoms. The summed E-state index contributed by atoms with van der Waals surface area (Å²) in [4.78, 5) is 13.4. The molecule has 3 heterocycles. The number of fused-ring (bicyclic) bond motifs is 1. The monoisotopic (exact) mass is 300 g/mol. The van der Waals surface area contributed by atoms with Crippen molar-refractivity contribution < 1.29 is 0 Å². The van der Waals surface area contributed by atoms with Crippen molar-refractivity contribution in [2.24, 2.45) is 0 Å². The molecule has 0 radical (unpaired) electrons. The number of hydrogen-bond acceptors (Lipinski definition) is 3. The van der Waals surface area contributed by atoms with Gasteiger partial charge in [-0.1, -0.05) is 29.8 Å². The maximum atomic E-state index is 4.79. The molecule has 1 aromatic carbocycles. The Balaban J connectivity index is 1.89. The van der Waals surface area contributed by atoms with E-state index in [2.05, 4.69) is 45.7 Å².